The van der Waals surface area contributed by atoms with Crippen molar-refractivity contribution in [3.8, 4) is 5.75 Å². The maximum Gasteiger partial charge on any atom is 0.129 e. The second-order valence-electron chi connectivity index (χ2n) is 7.01. The van der Waals surface area contributed by atoms with Crippen LogP contribution >= 0.6 is 0 Å². The SMILES string of the molecule is COc1ccc2c(c1)C1(CC1)CN(CC(O)c1ccccc1F)C2. The predicted molar refractivity (Wildman–Crippen MR) is 90.5 cm³/mol. The van der Waals surface area contributed by atoms with Crippen molar-refractivity contribution in [1.29, 1.82) is 0 Å². The second-order valence-corrected chi connectivity index (χ2v) is 7.01. The monoisotopic (exact) mass is 327 g/mol. The molecule has 1 heterocycles. The standard InChI is InChI=1S/C20H22FNO2/c1-24-15-7-6-14-11-22(13-20(8-9-20)17(14)10-15)12-19(23)16-4-2-3-5-18(16)21/h2-7,10,19,23H,8-9,11-13H2,1H3. The minimum absolute atomic E-state index is 0.192. The van der Waals surface area contributed by atoms with Crippen molar-refractivity contribution in [2.45, 2.75) is 30.9 Å². The Morgan fingerprint density at radius 2 is 2.04 bits per heavy atom. The van der Waals surface area contributed by atoms with Crippen molar-refractivity contribution in [2.24, 2.45) is 0 Å². The van der Waals surface area contributed by atoms with Crippen LogP contribution in [0.5, 0.6) is 5.75 Å². The number of halogens is 1. The van der Waals surface area contributed by atoms with Crippen LogP contribution in [0.25, 0.3) is 0 Å². The number of hydrogen-bond donors (Lipinski definition) is 1. The number of ether oxygens (including phenoxy) is 1. The zero-order valence-electron chi connectivity index (χ0n) is 13.8. The van der Waals surface area contributed by atoms with Crippen LogP contribution in [-0.4, -0.2) is 30.2 Å². The highest BCUT2D eigenvalue weighted by molar-refractivity contribution is 5.45. The average molecular weight is 327 g/mol. The smallest absolute Gasteiger partial charge is 0.129 e. The van der Waals surface area contributed by atoms with Crippen LogP contribution < -0.4 is 4.74 Å². The topological polar surface area (TPSA) is 32.7 Å². The first-order valence-corrected chi connectivity index (χ1v) is 8.43. The summed E-state index contributed by atoms with van der Waals surface area (Å²) in [5, 5.41) is 10.5. The summed E-state index contributed by atoms with van der Waals surface area (Å²) in [6, 6.07) is 12.7. The summed E-state index contributed by atoms with van der Waals surface area (Å²) in [6.07, 6.45) is 1.53. The molecule has 0 bridgehead atoms. The van der Waals surface area contributed by atoms with Crippen LogP contribution in [0.15, 0.2) is 42.5 Å². The van der Waals surface area contributed by atoms with E-state index in [-0.39, 0.29) is 11.2 Å². The molecule has 1 fully saturated rings. The van der Waals surface area contributed by atoms with Crippen LogP contribution in [0, 0.1) is 5.82 Å². The molecule has 3 nitrogen and oxygen atoms in total. The summed E-state index contributed by atoms with van der Waals surface area (Å²) in [5.74, 6) is 0.563. The molecule has 0 saturated heterocycles. The van der Waals surface area contributed by atoms with E-state index in [0.717, 1.165) is 18.8 Å². The zero-order valence-corrected chi connectivity index (χ0v) is 13.8. The van der Waals surface area contributed by atoms with Gasteiger partial charge in [0.1, 0.15) is 11.6 Å². The molecule has 2 aliphatic rings. The molecule has 4 heteroatoms. The summed E-state index contributed by atoms with van der Waals surface area (Å²) in [4.78, 5) is 2.25. The van der Waals surface area contributed by atoms with Crippen LogP contribution in [0.2, 0.25) is 0 Å². The summed E-state index contributed by atoms with van der Waals surface area (Å²) in [7, 11) is 1.70. The predicted octanol–water partition coefficient (Wildman–Crippen LogP) is 3.42. The number of benzene rings is 2. The number of hydrogen-bond acceptors (Lipinski definition) is 3. The van der Waals surface area contributed by atoms with E-state index in [9.17, 15) is 9.50 Å². The minimum atomic E-state index is -0.804. The molecule has 1 N–H and O–H groups in total. The third kappa shape index (κ3) is 2.70. The van der Waals surface area contributed by atoms with E-state index in [2.05, 4.69) is 17.0 Å². The molecule has 4 rings (SSSR count). The number of rotatable bonds is 4. The summed E-state index contributed by atoms with van der Waals surface area (Å²) < 4.78 is 19.3. The highest BCUT2D eigenvalue weighted by atomic mass is 19.1. The van der Waals surface area contributed by atoms with E-state index in [4.69, 9.17) is 4.74 Å². The van der Waals surface area contributed by atoms with E-state index in [1.165, 1.54) is 30.0 Å². The van der Waals surface area contributed by atoms with Gasteiger partial charge < -0.3 is 9.84 Å². The van der Waals surface area contributed by atoms with Gasteiger partial charge in [0.05, 0.1) is 13.2 Å². The van der Waals surface area contributed by atoms with Crippen molar-refractivity contribution in [1.82, 2.24) is 4.90 Å². The lowest BCUT2D eigenvalue weighted by Crippen LogP contribution is -2.40. The van der Waals surface area contributed by atoms with E-state index >= 15 is 0 Å². The number of β-amino-alcohol motifs (C(OH)–C–C–N with tert-alkyl or cyclic N) is 1. The van der Waals surface area contributed by atoms with E-state index in [1.807, 2.05) is 6.07 Å². The lowest BCUT2D eigenvalue weighted by molar-refractivity contribution is 0.0945. The van der Waals surface area contributed by atoms with E-state index in [0.29, 0.717) is 12.1 Å². The number of fused-ring (bicyclic) bond motifs is 2. The van der Waals surface area contributed by atoms with Crippen LogP contribution in [-0.2, 0) is 12.0 Å². The molecule has 2 aromatic rings. The molecule has 24 heavy (non-hydrogen) atoms. The molecule has 1 spiro atoms. The van der Waals surface area contributed by atoms with Gasteiger partial charge in [0.25, 0.3) is 0 Å². The van der Waals surface area contributed by atoms with Gasteiger partial charge in [-0.15, -0.1) is 0 Å². The van der Waals surface area contributed by atoms with Gasteiger partial charge in [-0.3, -0.25) is 4.90 Å². The fourth-order valence-corrected chi connectivity index (χ4v) is 3.92. The fraction of sp³-hybridized carbons (Fsp3) is 0.400. The van der Waals surface area contributed by atoms with E-state index < -0.39 is 6.10 Å². The molecule has 0 radical (unpaired) electrons. The first kappa shape index (κ1) is 15.6. The Balaban J connectivity index is 1.55. The van der Waals surface area contributed by atoms with Gasteiger partial charge in [-0.25, -0.2) is 4.39 Å². The second kappa shape index (κ2) is 5.87. The normalized spacial score (nSPS) is 19.8. The van der Waals surface area contributed by atoms with Crippen molar-refractivity contribution >= 4 is 0 Å². The summed E-state index contributed by atoms with van der Waals surface area (Å²) >= 11 is 0. The molecule has 1 aliphatic heterocycles. The number of nitrogens with zero attached hydrogens (tertiary/aromatic N) is 1. The average Bonchev–Trinajstić information content (AvgIpc) is 3.35. The quantitative estimate of drug-likeness (QED) is 0.934. The number of aliphatic hydroxyl groups excluding tert-OH is 1. The van der Waals surface area contributed by atoms with Gasteiger partial charge in [0.15, 0.2) is 0 Å². The maximum atomic E-state index is 13.9. The highest BCUT2D eigenvalue weighted by Gasteiger charge is 2.49. The molecule has 1 aliphatic carbocycles. The first-order valence-electron chi connectivity index (χ1n) is 8.43. The molecule has 0 amide bonds. The third-order valence-electron chi connectivity index (χ3n) is 5.36. The molecular weight excluding hydrogens is 305 g/mol. The Kier molecular flexibility index (Phi) is 3.82. The van der Waals surface area contributed by atoms with Crippen molar-refractivity contribution in [3.05, 3.63) is 65.0 Å². The Bertz CT molecular complexity index is 757. The molecule has 2 aromatic carbocycles. The largest absolute Gasteiger partial charge is 0.497 e. The number of methoxy groups -OCH3 is 1. The van der Waals surface area contributed by atoms with Crippen LogP contribution in [0.3, 0.4) is 0 Å². The molecule has 126 valence electrons. The van der Waals surface area contributed by atoms with Crippen molar-refractivity contribution < 1.29 is 14.2 Å². The Morgan fingerprint density at radius 1 is 1.25 bits per heavy atom. The molecular formula is C20H22FNO2. The maximum absolute atomic E-state index is 13.9. The third-order valence-corrected chi connectivity index (χ3v) is 5.36. The van der Waals surface area contributed by atoms with Crippen LogP contribution in [0.1, 0.15) is 35.6 Å². The molecule has 1 unspecified atom stereocenters. The van der Waals surface area contributed by atoms with Gasteiger partial charge in [-0.05, 0) is 42.2 Å². The van der Waals surface area contributed by atoms with Crippen molar-refractivity contribution in [2.75, 3.05) is 20.2 Å². The minimum Gasteiger partial charge on any atom is -0.497 e. The lowest BCUT2D eigenvalue weighted by atomic mass is 9.86. The summed E-state index contributed by atoms with van der Waals surface area (Å²) in [6.45, 7) is 2.15. The van der Waals surface area contributed by atoms with Crippen molar-refractivity contribution in [3.63, 3.8) is 0 Å². The molecule has 1 atom stereocenters. The molecule has 0 aromatic heterocycles. The van der Waals surface area contributed by atoms with Gasteiger partial charge in [-0.1, -0.05) is 24.3 Å². The summed E-state index contributed by atoms with van der Waals surface area (Å²) in [5.41, 5.74) is 3.25. The van der Waals surface area contributed by atoms with E-state index in [1.54, 1.807) is 25.3 Å². The van der Waals surface area contributed by atoms with Gasteiger partial charge in [0, 0.05) is 30.6 Å². The van der Waals surface area contributed by atoms with Gasteiger partial charge >= 0.3 is 0 Å². The fourth-order valence-electron chi connectivity index (χ4n) is 3.92. The Labute approximate surface area is 141 Å². The zero-order chi connectivity index (χ0) is 16.7. The highest BCUT2D eigenvalue weighted by Crippen LogP contribution is 2.53. The van der Waals surface area contributed by atoms with Crippen LogP contribution in [0.4, 0.5) is 4.39 Å². The number of aliphatic hydroxyl groups is 1. The first-order chi connectivity index (χ1) is 11.6. The molecule has 1 saturated carbocycles. The lowest BCUT2D eigenvalue weighted by Gasteiger charge is -2.36. The van der Waals surface area contributed by atoms with Gasteiger partial charge in [-0.2, -0.15) is 0 Å². The Morgan fingerprint density at radius 3 is 2.75 bits per heavy atom. The van der Waals surface area contributed by atoms with Gasteiger partial charge in [0.2, 0.25) is 0 Å². The Hall–Kier alpha value is -1.91.